The molecule has 9 aromatic rings. The van der Waals surface area contributed by atoms with Crippen LogP contribution in [-0.4, -0.2) is 27.5 Å². The minimum absolute atomic E-state index is 0.249. The summed E-state index contributed by atoms with van der Waals surface area (Å²) in [5.74, 6) is 1.37. The molecule has 0 N–H and O–H groups in total. The normalized spacial score (nSPS) is 16.2. The van der Waals surface area contributed by atoms with E-state index in [1.54, 1.807) is 0 Å². The number of allylic oxidation sites excluding steroid dienone is 10. The zero-order valence-electron chi connectivity index (χ0n) is 37.8. The molecule has 0 saturated heterocycles. The first-order valence-corrected chi connectivity index (χ1v) is 23.4. The summed E-state index contributed by atoms with van der Waals surface area (Å²) in [6.45, 7) is 8.75. The fourth-order valence-electron chi connectivity index (χ4n) is 10.8. The van der Waals surface area contributed by atoms with Crippen molar-refractivity contribution in [1.29, 1.82) is 0 Å². The molecule has 322 valence electrons. The van der Waals surface area contributed by atoms with Crippen molar-refractivity contribution in [2.24, 2.45) is 20.9 Å². The lowest BCUT2D eigenvalue weighted by molar-refractivity contribution is 0.790. The van der Waals surface area contributed by atoms with Gasteiger partial charge in [-0.2, -0.15) is 0 Å². The fourth-order valence-corrected chi connectivity index (χ4v) is 10.8. The monoisotopic (exact) mass is 863 g/mol. The van der Waals surface area contributed by atoms with Crippen LogP contribution in [0.3, 0.4) is 0 Å². The molecule has 0 aliphatic heterocycles. The van der Waals surface area contributed by atoms with Crippen molar-refractivity contribution < 1.29 is 0 Å². The van der Waals surface area contributed by atoms with Crippen LogP contribution in [0.1, 0.15) is 58.7 Å². The summed E-state index contributed by atoms with van der Waals surface area (Å²) in [7, 11) is 0. The number of nitrogens with zero attached hydrogens (tertiary/aromatic N) is 5. The molecule has 0 spiro atoms. The van der Waals surface area contributed by atoms with E-state index in [-0.39, 0.29) is 5.92 Å². The molecule has 1 atom stereocenters. The molecule has 2 heterocycles. The van der Waals surface area contributed by atoms with Crippen molar-refractivity contribution in [2.45, 2.75) is 39.8 Å². The Morgan fingerprint density at radius 3 is 2.21 bits per heavy atom. The van der Waals surface area contributed by atoms with Crippen LogP contribution >= 0.6 is 0 Å². The Hall–Kier alpha value is -8.15. The van der Waals surface area contributed by atoms with Gasteiger partial charge in [0.2, 0.25) is 0 Å². The highest BCUT2D eigenvalue weighted by molar-refractivity contribution is 6.15. The van der Waals surface area contributed by atoms with Crippen LogP contribution in [0.25, 0.3) is 66.0 Å². The molecule has 3 aliphatic rings. The number of benzene rings is 7. The Morgan fingerprint density at radius 1 is 0.657 bits per heavy atom. The van der Waals surface area contributed by atoms with E-state index in [1.165, 1.54) is 77.1 Å². The molecule has 5 nitrogen and oxygen atoms in total. The van der Waals surface area contributed by atoms with Crippen molar-refractivity contribution in [3.63, 3.8) is 0 Å². The predicted molar refractivity (Wildman–Crippen MR) is 284 cm³/mol. The molecular weight excluding hydrogens is 815 g/mol. The van der Waals surface area contributed by atoms with Crippen LogP contribution in [0.4, 0.5) is 0 Å². The molecule has 2 aromatic heterocycles. The molecule has 0 bridgehead atoms. The maximum atomic E-state index is 5.41. The third-order valence-corrected chi connectivity index (χ3v) is 13.9. The number of aromatic nitrogens is 2. The van der Waals surface area contributed by atoms with E-state index in [0.29, 0.717) is 18.3 Å². The molecule has 12 rings (SSSR count). The van der Waals surface area contributed by atoms with Gasteiger partial charge in [0.05, 0.1) is 22.1 Å². The number of amidine groups is 2. The number of aryl methyl sites for hydroxylation is 1. The number of hydrogen-bond donors (Lipinski definition) is 0. The van der Waals surface area contributed by atoms with Gasteiger partial charge in [0.15, 0.2) is 11.7 Å². The van der Waals surface area contributed by atoms with Gasteiger partial charge in [0, 0.05) is 43.9 Å². The van der Waals surface area contributed by atoms with Gasteiger partial charge < -0.3 is 9.13 Å². The molecule has 5 heteroatoms. The molecule has 0 saturated carbocycles. The second-order valence-corrected chi connectivity index (χ2v) is 18.0. The lowest BCUT2D eigenvalue weighted by atomic mass is 9.91. The highest BCUT2D eigenvalue weighted by Crippen LogP contribution is 2.44. The second kappa shape index (κ2) is 16.7. The molecular formula is C62H49N5. The maximum absolute atomic E-state index is 5.41. The van der Waals surface area contributed by atoms with Crippen molar-refractivity contribution in [3.05, 3.63) is 239 Å². The standard InChI is InChI=1S/C62H49N5/c1-40-31-32-45(36-46(35-40)49-25-15-27-51-48-23-11-10-22-44(48)37-54(49)51)50-26-16-28-52-55-38-47(67-57-29-13-12-24-53(57)59-41(2)17-14-30-58(59)67)33-34-56(55)66(60(50)52)39-64-62(43-20-8-5-9-21-43)65-61(63-3)42-18-6-4-7-19-42/h4-10,12-22,24-36,38,40H,3,11,23,37,39H2,1-2H3/b64-62-,65-61?. The number of para-hydroxylation sites is 2. The third-order valence-electron chi connectivity index (χ3n) is 13.9. The summed E-state index contributed by atoms with van der Waals surface area (Å²) in [6.07, 6.45) is 17.4. The van der Waals surface area contributed by atoms with Crippen molar-refractivity contribution in [1.82, 2.24) is 9.13 Å². The average Bonchev–Trinajstić information content (AvgIpc) is 3.98. The molecule has 3 aliphatic carbocycles. The summed E-state index contributed by atoms with van der Waals surface area (Å²) in [5.41, 5.74) is 19.6. The number of hydrogen-bond acceptors (Lipinski definition) is 1. The van der Waals surface area contributed by atoms with Gasteiger partial charge in [0.25, 0.3) is 0 Å². The SMILES string of the molecule is C=NC(=N/C(=N\Cn1c2ccc(-n3c4ccccc4c4c(C)cccc43)cc2c2cccc(C3=CC(c4cccc5c4CC4=C5CCC=C4)=CC(C)C=C3)c21)c1ccccc1)c1ccccc1. The molecule has 0 radical (unpaired) electrons. The second-order valence-electron chi connectivity index (χ2n) is 18.0. The first-order chi connectivity index (χ1) is 33.0. The Kier molecular flexibility index (Phi) is 10.1. The van der Waals surface area contributed by atoms with Crippen LogP contribution in [0.15, 0.2) is 215 Å². The molecule has 0 amide bonds. The molecule has 67 heavy (non-hydrogen) atoms. The number of rotatable bonds is 7. The summed E-state index contributed by atoms with van der Waals surface area (Å²) in [5, 5.41) is 4.88. The Balaban J connectivity index is 1.08. The van der Waals surface area contributed by atoms with Crippen LogP contribution in [0.5, 0.6) is 0 Å². The lowest BCUT2D eigenvalue weighted by Crippen LogP contribution is -2.07. The van der Waals surface area contributed by atoms with E-state index in [2.05, 4.69) is 180 Å². The van der Waals surface area contributed by atoms with Gasteiger partial charge in [-0.3, -0.25) is 0 Å². The van der Waals surface area contributed by atoms with Crippen LogP contribution in [0.2, 0.25) is 0 Å². The minimum Gasteiger partial charge on any atom is -0.320 e. The lowest BCUT2D eigenvalue weighted by Gasteiger charge is -2.14. The van der Waals surface area contributed by atoms with Crippen molar-refractivity contribution in [2.75, 3.05) is 0 Å². The first-order valence-electron chi connectivity index (χ1n) is 23.4. The zero-order valence-corrected chi connectivity index (χ0v) is 37.8. The van der Waals surface area contributed by atoms with Crippen LogP contribution < -0.4 is 0 Å². The van der Waals surface area contributed by atoms with Gasteiger partial charge >= 0.3 is 0 Å². The zero-order chi connectivity index (χ0) is 45.0. The van der Waals surface area contributed by atoms with E-state index >= 15 is 0 Å². The van der Waals surface area contributed by atoms with E-state index < -0.39 is 0 Å². The number of fused-ring (bicyclic) bond motifs is 8. The van der Waals surface area contributed by atoms with Gasteiger partial charge in [0.1, 0.15) is 6.67 Å². The molecule has 7 aromatic carbocycles. The van der Waals surface area contributed by atoms with Gasteiger partial charge in [-0.15, -0.1) is 0 Å². The van der Waals surface area contributed by atoms with Crippen LogP contribution in [-0.2, 0) is 13.1 Å². The van der Waals surface area contributed by atoms with E-state index in [1.807, 2.05) is 48.5 Å². The third kappa shape index (κ3) is 6.97. The van der Waals surface area contributed by atoms with Gasteiger partial charge in [-0.1, -0.05) is 165 Å². The van der Waals surface area contributed by atoms with Crippen molar-refractivity contribution >= 4 is 78.7 Å². The highest BCUT2D eigenvalue weighted by atomic mass is 15.1. The smallest absolute Gasteiger partial charge is 0.161 e. The summed E-state index contributed by atoms with van der Waals surface area (Å²) in [6, 6.07) is 56.2. The van der Waals surface area contributed by atoms with E-state index in [0.717, 1.165) is 52.7 Å². The van der Waals surface area contributed by atoms with Crippen molar-refractivity contribution in [3.8, 4) is 5.69 Å². The summed E-state index contributed by atoms with van der Waals surface area (Å²) < 4.78 is 4.81. The molecule has 0 fully saturated rings. The minimum atomic E-state index is 0.249. The topological polar surface area (TPSA) is 46.9 Å². The van der Waals surface area contributed by atoms with E-state index in [9.17, 15) is 0 Å². The van der Waals surface area contributed by atoms with Gasteiger partial charge in [-0.05, 0) is 120 Å². The summed E-state index contributed by atoms with van der Waals surface area (Å²) >= 11 is 0. The van der Waals surface area contributed by atoms with Crippen LogP contribution in [0, 0.1) is 12.8 Å². The summed E-state index contributed by atoms with van der Waals surface area (Å²) in [4.78, 5) is 14.9. The Labute approximate surface area is 391 Å². The van der Waals surface area contributed by atoms with E-state index in [4.69, 9.17) is 9.98 Å². The highest BCUT2D eigenvalue weighted by Gasteiger charge is 2.26. The van der Waals surface area contributed by atoms with Gasteiger partial charge in [-0.25, -0.2) is 15.0 Å². The Bertz CT molecular complexity index is 3710. The first kappa shape index (κ1) is 40.4. The average molecular weight is 864 g/mol. The largest absolute Gasteiger partial charge is 0.320 e. The molecule has 1 unspecified atom stereocenters. The quantitative estimate of drug-likeness (QED) is 0.113. The predicted octanol–water partition coefficient (Wildman–Crippen LogP) is 15.1. The Morgan fingerprint density at radius 2 is 1.37 bits per heavy atom. The maximum Gasteiger partial charge on any atom is 0.161 e. The number of aliphatic imine (C=N–C) groups is 3. The fraction of sp³-hybridized carbons (Fsp3) is 0.113.